The van der Waals surface area contributed by atoms with Crippen molar-refractivity contribution in [3.05, 3.63) is 93.0 Å². The molecule has 0 aromatic heterocycles. The van der Waals surface area contributed by atoms with E-state index in [9.17, 15) is 28.4 Å². The third-order valence-electron chi connectivity index (χ3n) is 5.02. The van der Waals surface area contributed by atoms with Crippen LogP contribution < -0.4 is 4.74 Å². The van der Waals surface area contributed by atoms with Gasteiger partial charge in [0.15, 0.2) is 0 Å². The quantitative estimate of drug-likeness (QED) is 0.300. The lowest BCUT2D eigenvalue weighted by atomic mass is 9.98. The Bertz CT molecular complexity index is 1140. The molecule has 0 aliphatic rings. The number of nitro groups is 1. The van der Waals surface area contributed by atoms with E-state index in [2.05, 4.69) is 0 Å². The highest BCUT2D eigenvalue weighted by molar-refractivity contribution is 6.33. The Morgan fingerprint density at radius 3 is 2.38 bits per heavy atom. The number of nitro benzene ring substituents is 1. The SMILES string of the molecule is CN(Cc1ccc(-c2ccccc2C(F)(F)F)c(Cl)c1)CC(O)COc1ccc([N+](=O)[O-])cc1. The number of ether oxygens (including phenoxy) is 1. The fraction of sp³-hybridized carbons (Fsp3) is 0.250. The van der Waals surface area contributed by atoms with Crippen LogP contribution in [0.2, 0.25) is 5.02 Å². The number of hydrogen-bond donors (Lipinski definition) is 1. The molecular weight excluding hydrogens is 473 g/mol. The molecule has 0 aliphatic heterocycles. The van der Waals surface area contributed by atoms with Gasteiger partial charge in [0.25, 0.3) is 5.69 Å². The molecule has 0 spiro atoms. The van der Waals surface area contributed by atoms with Gasteiger partial charge >= 0.3 is 6.18 Å². The number of halogens is 4. The van der Waals surface area contributed by atoms with Gasteiger partial charge in [0, 0.05) is 35.8 Å². The minimum absolute atomic E-state index is 0.0127. The third-order valence-corrected chi connectivity index (χ3v) is 5.33. The Kier molecular flexibility index (Phi) is 8.14. The van der Waals surface area contributed by atoms with Gasteiger partial charge in [-0.05, 0) is 42.4 Å². The maximum atomic E-state index is 13.3. The maximum Gasteiger partial charge on any atom is 0.417 e. The van der Waals surface area contributed by atoms with Crippen LogP contribution in [0.15, 0.2) is 66.7 Å². The molecule has 3 rings (SSSR count). The van der Waals surface area contributed by atoms with Crippen LogP contribution in [0.3, 0.4) is 0 Å². The van der Waals surface area contributed by atoms with Crippen LogP contribution in [-0.4, -0.2) is 41.2 Å². The van der Waals surface area contributed by atoms with E-state index < -0.39 is 22.8 Å². The van der Waals surface area contributed by atoms with Gasteiger partial charge in [0.2, 0.25) is 0 Å². The van der Waals surface area contributed by atoms with Crippen molar-refractivity contribution < 1.29 is 27.9 Å². The van der Waals surface area contributed by atoms with Crippen LogP contribution in [-0.2, 0) is 12.7 Å². The summed E-state index contributed by atoms with van der Waals surface area (Å²) in [5.74, 6) is 0.397. The molecule has 180 valence electrons. The topological polar surface area (TPSA) is 75.8 Å². The van der Waals surface area contributed by atoms with Crippen molar-refractivity contribution in [2.24, 2.45) is 0 Å². The van der Waals surface area contributed by atoms with E-state index in [4.69, 9.17) is 16.3 Å². The van der Waals surface area contributed by atoms with Crippen LogP contribution in [0.25, 0.3) is 11.1 Å². The minimum atomic E-state index is -4.49. The first-order valence-electron chi connectivity index (χ1n) is 10.2. The first kappa shape index (κ1) is 25.5. The summed E-state index contributed by atoms with van der Waals surface area (Å²) in [7, 11) is 1.77. The Hall–Kier alpha value is -3.14. The van der Waals surface area contributed by atoms with Crippen molar-refractivity contribution in [2.45, 2.75) is 18.8 Å². The van der Waals surface area contributed by atoms with Crippen molar-refractivity contribution in [3.63, 3.8) is 0 Å². The molecule has 0 bridgehead atoms. The molecule has 6 nitrogen and oxygen atoms in total. The van der Waals surface area contributed by atoms with Gasteiger partial charge in [-0.2, -0.15) is 13.2 Å². The van der Waals surface area contributed by atoms with Crippen LogP contribution in [0, 0.1) is 10.1 Å². The van der Waals surface area contributed by atoms with E-state index in [0.29, 0.717) is 12.3 Å². The molecule has 0 amide bonds. The lowest BCUT2D eigenvalue weighted by Crippen LogP contribution is -2.32. The van der Waals surface area contributed by atoms with E-state index in [1.807, 2.05) is 4.90 Å². The summed E-state index contributed by atoms with van der Waals surface area (Å²) in [4.78, 5) is 12.0. The van der Waals surface area contributed by atoms with Crippen LogP contribution >= 0.6 is 11.6 Å². The number of likely N-dealkylation sites (N-methyl/N-ethyl adjacent to an activating group) is 1. The van der Waals surface area contributed by atoms with Crippen molar-refractivity contribution in [1.29, 1.82) is 0 Å². The van der Waals surface area contributed by atoms with Gasteiger partial charge in [0.1, 0.15) is 18.5 Å². The summed E-state index contributed by atoms with van der Waals surface area (Å²) in [5.41, 5.74) is 0.262. The highest BCUT2D eigenvalue weighted by Crippen LogP contribution is 2.39. The number of nitrogens with zero attached hydrogens (tertiary/aromatic N) is 2. The van der Waals surface area contributed by atoms with Crippen LogP contribution in [0.5, 0.6) is 5.75 Å². The number of non-ortho nitro benzene ring substituents is 1. The molecule has 1 unspecified atom stereocenters. The summed E-state index contributed by atoms with van der Waals surface area (Å²) < 4.78 is 45.5. The Morgan fingerprint density at radius 1 is 1.09 bits per heavy atom. The molecule has 3 aromatic rings. The second kappa shape index (κ2) is 10.9. The zero-order valence-electron chi connectivity index (χ0n) is 18.1. The maximum absolute atomic E-state index is 13.3. The Morgan fingerprint density at radius 2 is 1.76 bits per heavy atom. The molecular formula is C24H22ClF3N2O4. The molecule has 0 radical (unpaired) electrons. The number of rotatable bonds is 9. The average Bonchev–Trinajstić information content (AvgIpc) is 2.77. The highest BCUT2D eigenvalue weighted by atomic mass is 35.5. The second-order valence-corrected chi connectivity index (χ2v) is 8.18. The van der Waals surface area contributed by atoms with Gasteiger partial charge in [0.05, 0.1) is 10.5 Å². The Labute approximate surface area is 199 Å². The van der Waals surface area contributed by atoms with E-state index in [0.717, 1.165) is 11.6 Å². The molecule has 10 heteroatoms. The summed E-state index contributed by atoms with van der Waals surface area (Å²) >= 11 is 6.33. The lowest BCUT2D eigenvalue weighted by Gasteiger charge is -2.21. The standard InChI is InChI=1S/C24H22ClF3N2O4/c1-29(14-18(31)15-34-19-9-7-17(8-10-19)30(32)33)13-16-6-11-21(23(25)12-16)20-4-2-3-5-22(20)24(26,27)28/h2-12,18,31H,13-15H2,1H3. The molecule has 0 saturated heterocycles. The fourth-order valence-electron chi connectivity index (χ4n) is 3.49. The summed E-state index contributed by atoms with van der Waals surface area (Å²) in [6, 6.07) is 15.7. The van der Waals surface area contributed by atoms with Crippen LogP contribution in [0.1, 0.15) is 11.1 Å². The highest BCUT2D eigenvalue weighted by Gasteiger charge is 2.33. The molecule has 34 heavy (non-hydrogen) atoms. The molecule has 1 atom stereocenters. The van der Waals surface area contributed by atoms with Gasteiger partial charge in [-0.25, -0.2) is 0 Å². The first-order chi connectivity index (χ1) is 16.0. The molecule has 3 aromatic carbocycles. The number of hydrogen-bond acceptors (Lipinski definition) is 5. The number of aliphatic hydroxyl groups is 1. The lowest BCUT2D eigenvalue weighted by molar-refractivity contribution is -0.384. The van der Waals surface area contributed by atoms with E-state index in [-0.39, 0.29) is 35.0 Å². The Balaban J connectivity index is 1.59. The van der Waals surface area contributed by atoms with Gasteiger partial charge in [-0.15, -0.1) is 0 Å². The predicted molar refractivity (Wildman–Crippen MR) is 123 cm³/mol. The van der Waals surface area contributed by atoms with Crippen molar-refractivity contribution in [1.82, 2.24) is 4.90 Å². The number of aliphatic hydroxyl groups excluding tert-OH is 1. The average molecular weight is 495 g/mol. The minimum Gasteiger partial charge on any atom is -0.491 e. The van der Waals surface area contributed by atoms with E-state index in [1.165, 1.54) is 42.5 Å². The van der Waals surface area contributed by atoms with Crippen LogP contribution in [0.4, 0.5) is 18.9 Å². The molecule has 0 aliphatic carbocycles. The molecule has 1 N–H and O–H groups in total. The first-order valence-corrected chi connectivity index (χ1v) is 10.6. The molecule has 0 heterocycles. The largest absolute Gasteiger partial charge is 0.491 e. The second-order valence-electron chi connectivity index (χ2n) is 7.77. The zero-order valence-corrected chi connectivity index (χ0v) is 18.9. The summed E-state index contributed by atoms with van der Waals surface area (Å²) in [6.45, 7) is 0.634. The van der Waals surface area contributed by atoms with Crippen molar-refractivity contribution >= 4 is 17.3 Å². The third kappa shape index (κ3) is 6.69. The molecule has 0 fully saturated rings. The van der Waals surface area contributed by atoms with E-state index >= 15 is 0 Å². The zero-order chi connectivity index (χ0) is 24.9. The van der Waals surface area contributed by atoms with Gasteiger partial charge < -0.3 is 9.84 Å². The van der Waals surface area contributed by atoms with E-state index in [1.54, 1.807) is 25.2 Å². The number of benzene rings is 3. The predicted octanol–water partition coefficient (Wildman–Crippen LogP) is 5.81. The van der Waals surface area contributed by atoms with Crippen molar-refractivity contribution in [2.75, 3.05) is 20.2 Å². The fourth-order valence-corrected chi connectivity index (χ4v) is 3.79. The van der Waals surface area contributed by atoms with Gasteiger partial charge in [-0.1, -0.05) is 41.9 Å². The smallest absolute Gasteiger partial charge is 0.417 e. The van der Waals surface area contributed by atoms with Gasteiger partial charge in [-0.3, -0.25) is 15.0 Å². The monoisotopic (exact) mass is 494 g/mol. The summed E-state index contributed by atoms with van der Waals surface area (Å²) in [6.07, 6.45) is -5.33. The molecule has 0 saturated carbocycles. The van der Waals surface area contributed by atoms with Crippen molar-refractivity contribution in [3.8, 4) is 16.9 Å². The number of alkyl halides is 3. The summed E-state index contributed by atoms with van der Waals surface area (Å²) in [5, 5.41) is 21.1. The normalized spacial score (nSPS) is 12.6.